The molecule has 5 nitrogen and oxygen atoms in total. The highest BCUT2D eigenvalue weighted by Gasteiger charge is 2.05. The molecule has 0 aromatic rings. The SMILES string of the molecule is CNC(=O)NCC(C)C(=N)N. The number of hydrogen-bond donors (Lipinski definition) is 4. The summed E-state index contributed by atoms with van der Waals surface area (Å²) < 4.78 is 0. The second-order valence-electron chi connectivity index (χ2n) is 2.32. The molecule has 11 heavy (non-hydrogen) atoms. The lowest BCUT2D eigenvalue weighted by atomic mass is 10.2. The lowest BCUT2D eigenvalue weighted by Gasteiger charge is -2.09. The maximum Gasteiger partial charge on any atom is 0.314 e. The van der Waals surface area contributed by atoms with Crippen LogP contribution in [-0.2, 0) is 0 Å². The summed E-state index contributed by atoms with van der Waals surface area (Å²) in [7, 11) is 1.54. The Kier molecular flexibility index (Phi) is 4.02. The van der Waals surface area contributed by atoms with Crippen LogP contribution in [0.3, 0.4) is 0 Å². The van der Waals surface area contributed by atoms with Crippen molar-refractivity contribution in [3.05, 3.63) is 0 Å². The van der Waals surface area contributed by atoms with E-state index in [0.717, 1.165) is 0 Å². The summed E-state index contributed by atoms with van der Waals surface area (Å²) in [6, 6.07) is -0.252. The number of amidine groups is 1. The largest absolute Gasteiger partial charge is 0.387 e. The number of urea groups is 1. The van der Waals surface area contributed by atoms with Gasteiger partial charge in [0.2, 0.25) is 0 Å². The van der Waals surface area contributed by atoms with E-state index in [9.17, 15) is 4.79 Å². The predicted octanol–water partition coefficient (Wildman–Crippen LogP) is -0.513. The molecule has 5 heteroatoms. The van der Waals surface area contributed by atoms with E-state index in [1.807, 2.05) is 0 Å². The van der Waals surface area contributed by atoms with E-state index in [2.05, 4.69) is 10.6 Å². The summed E-state index contributed by atoms with van der Waals surface area (Å²) in [6.07, 6.45) is 0. The van der Waals surface area contributed by atoms with Crippen LogP contribution >= 0.6 is 0 Å². The number of amides is 2. The van der Waals surface area contributed by atoms with Gasteiger partial charge in [0, 0.05) is 19.5 Å². The molecular weight excluding hydrogens is 144 g/mol. The fourth-order valence-electron chi connectivity index (χ4n) is 0.444. The van der Waals surface area contributed by atoms with E-state index in [-0.39, 0.29) is 17.8 Å². The molecule has 1 unspecified atom stereocenters. The Bertz CT molecular complexity index is 157. The highest BCUT2D eigenvalue weighted by atomic mass is 16.2. The van der Waals surface area contributed by atoms with Crippen molar-refractivity contribution in [2.45, 2.75) is 6.92 Å². The molecule has 0 radical (unpaired) electrons. The standard InChI is InChI=1S/C6H14N4O/c1-4(5(7)8)3-10-6(11)9-2/h4H,3H2,1-2H3,(H3,7,8)(H2,9,10,11). The minimum Gasteiger partial charge on any atom is -0.387 e. The van der Waals surface area contributed by atoms with Gasteiger partial charge in [0.05, 0.1) is 5.84 Å². The predicted molar refractivity (Wildman–Crippen MR) is 43.5 cm³/mol. The van der Waals surface area contributed by atoms with Gasteiger partial charge in [-0.15, -0.1) is 0 Å². The average Bonchev–Trinajstić information content (AvgIpc) is 1.99. The average molecular weight is 158 g/mol. The van der Waals surface area contributed by atoms with Crippen LogP contribution in [0.25, 0.3) is 0 Å². The van der Waals surface area contributed by atoms with E-state index < -0.39 is 0 Å². The summed E-state index contributed by atoms with van der Waals surface area (Å²) in [4.78, 5) is 10.6. The van der Waals surface area contributed by atoms with Crippen LogP contribution in [0.15, 0.2) is 0 Å². The van der Waals surface area contributed by atoms with Crippen molar-refractivity contribution in [2.24, 2.45) is 11.7 Å². The van der Waals surface area contributed by atoms with Crippen molar-refractivity contribution < 1.29 is 4.79 Å². The zero-order valence-electron chi connectivity index (χ0n) is 6.77. The maximum absolute atomic E-state index is 10.6. The van der Waals surface area contributed by atoms with Gasteiger partial charge < -0.3 is 16.4 Å². The Labute approximate surface area is 65.9 Å². The summed E-state index contributed by atoms with van der Waals surface area (Å²) in [5, 5.41) is 11.9. The molecule has 2 amide bonds. The van der Waals surface area contributed by atoms with E-state index in [0.29, 0.717) is 6.54 Å². The van der Waals surface area contributed by atoms with Crippen molar-refractivity contribution in [1.82, 2.24) is 10.6 Å². The zero-order valence-corrected chi connectivity index (χ0v) is 6.77. The van der Waals surface area contributed by atoms with Crippen LogP contribution in [0.4, 0.5) is 4.79 Å². The third kappa shape index (κ3) is 4.19. The van der Waals surface area contributed by atoms with Gasteiger partial charge >= 0.3 is 6.03 Å². The van der Waals surface area contributed by atoms with Crippen LogP contribution < -0.4 is 16.4 Å². The lowest BCUT2D eigenvalue weighted by Crippen LogP contribution is -2.38. The van der Waals surface area contributed by atoms with Crippen molar-refractivity contribution in [3.8, 4) is 0 Å². The molecule has 0 spiro atoms. The van der Waals surface area contributed by atoms with Gasteiger partial charge in [-0.3, -0.25) is 5.41 Å². The third-order valence-corrected chi connectivity index (χ3v) is 1.33. The molecule has 0 aromatic heterocycles. The molecule has 0 heterocycles. The molecule has 0 saturated carbocycles. The Hall–Kier alpha value is -1.26. The van der Waals surface area contributed by atoms with E-state index in [1.165, 1.54) is 7.05 Å². The highest BCUT2D eigenvalue weighted by Crippen LogP contribution is 1.88. The van der Waals surface area contributed by atoms with Crippen LogP contribution in [0.1, 0.15) is 6.92 Å². The first-order valence-electron chi connectivity index (χ1n) is 3.37. The molecule has 1 atom stereocenters. The summed E-state index contributed by atoms with van der Waals surface area (Å²) in [6.45, 7) is 2.17. The van der Waals surface area contributed by atoms with Crippen LogP contribution in [-0.4, -0.2) is 25.5 Å². The van der Waals surface area contributed by atoms with Crippen LogP contribution in [0.2, 0.25) is 0 Å². The van der Waals surface area contributed by atoms with Gasteiger partial charge in [-0.2, -0.15) is 0 Å². The number of nitrogens with two attached hydrogens (primary N) is 1. The Balaban J connectivity index is 3.54. The molecule has 0 aliphatic heterocycles. The van der Waals surface area contributed by atoms with E-state index >= 15 is 0 Å². The monoisotopic (exact) mass is 158 g/mol. The lowest BCUT2D eigenvalue weighted by molar-refractivity contribution is 0.242. The second-order valence-corrected chi connectivity index (χ2v) is 2.32. The third-order valence-electron chi connectivity index (χ3n) is 1.33. The Morgan fingerprint density at radius 2 is 2.27 bits per heavy atom. The first kappa shape index (κ1) is 9.74. The number of carbonyl (C=O) groups is 1. The smallest absolute Gasteiger partial charge is 0.314 e. The highest BCUT2D eigenvalue weighted by molar-refractivity contribution is 5.80. The number of rotatable bonds is 3. The molecule has 0 fully saturated rings. The van der Waals surface area contributed by atoms with Crippen LogP contribution in [0.5, 0.6) is 0 Å². The molecular formula is C6H14N4O. The zero-order chi connectivity index (χ0) is 8.85. The summed E-state index contributed by atoms with van der Waals surface area (Å²) in [5.41, 5.74) is 5.18. The van der Waals surface area contributed by atoms with Crippen molar-refractivity contribution >= 4 is 11.9 Å². The van der Waals surface area contributed by atoms with Gasteiger partial charge in [0.15, 0.2) is 0 Å². The van der Waals surface area contributed by atoms with Gasteiger partial charge in [-0.1, -0.05) is 6.92 Å². The van der Waals surface area contributed by atoms with E-state index in [1.54, 1.807) is 6.92 Å². The van der Waals surface area contributed by atoms with E-state index in [4.69, 9.17) is 11.1 Å². The van der Waals surface area contributed by atoms with Gasteiger partial charge in [-0.05, 0) is 0 Å². The first-order chi connectivity index (χ1) is 5.07. The molecule has 0 aliphatic carbocycles. The first-order valence-corrected chi connectivity index (χ1v) is 3.37. The molecule has 0 rings (SSSR count). The number of nitrogens with one attached hydrogen (secondary N) is 3. The van der Waals surface area contributed by atoms with Gasteiger partial charge in [0.1, 0.15) is 0 Å². The Morgan fingerprint density at radius 1 is 1.73 bits per heavy atom. The fourth-order valence-corrected chi connectivity index (χ4v) is 0.444. The molecule has 0 aromatic carbocycles. The molecule has 64 valence electrons. The fraction of sp³-hybridized carbons (Fsp3) is 0.667. The minimum absolute atomic E-state index is 0.0846. The maximum atomic E-state index is 10.6. The molecule has 5 N–H and O–H groups in total. The summed E-state index contributed by atoms with van der Waals surface area (Å²) in [5.74, 6) is -0.0197. The van der Waals surface area contributed by atoms with Gasteiger partial charge in [-0.25, -0.2) is 4.79 Å². The van der Waals surface area contributed by atoms with Crippen molar-refractivity contribution in [2.75, 3.05) is 13.6 Å². The normalized spacial score (nSPS) is 11.8. The van der Waals surface area contributed by atoms with Crippen molar-refractivity contribution in [3.63, 3.8) is 0 Å². The quantitative estimate of drug-likeness (QED) is 0.329. The molecule has 0 saturated heterocycles. The minimum atomic E-state index is -0.252. The van der Waals surface area contributed by atoms with Crippen molar-refractivity contribution in [1.29, 1.82) is 5.41 Å². The molecule has 0 aliphatic rings. The second kappa shape index (κ2) is 4.54. The molecule has 0 bridgehead atoms. The number of hydrogen-bond acceptors (Lipinski definition) is 2. The van der Waals surface area contributed by atoms with Gasteiger partial charge in [0.25, 0.3) is 0 Å². The van der Waals surface area contributed by atoms with Crippen LogP contribution in [0, 0.1) is 11.3 Å². The Morgan fingerprint density at radius 3 is 2.64 bits per heavy atom. The topological polar surface area (TPSA) is 91.0 Å². The number of carbonyl (C=O) groups excluding carboxylic acids is 1. The summed E-state index contributed by atoms with van der Waals surface area (Å²) >= 11 is 0.